The summed E-state index contributed by atoms with van der Waals surface area (Å²) in [4.78, 5) is 16.3. The molecule has 0 radical (unpaired) electrons. The van der Waals surface area contributed by atoms with E-state index in [2.05, 4.69) is 10.3 Å². The first-order chi connectivity index (χ1) is 11.1. The van der Waals surface area contributed by atoms with Gasteiger partial charge >= 0.3 is 0 Å². The maximum atomic E-state index is 12.1. The quantitative estimate of drug-likeness (QED) is 0.918. The third-order valence-electron chi connectivity index (χ3n) is 4.23. The molecule has 0 aliphatic carbocycles. The summed E-state index contributed by atoms with van der Waals surface area (Å²) >= 11 is 0. The number of hydrogen-bond donors (Lipinski definition) is 1. The highest BCUT2D eigenvalue weighted by Crippen LogP contribution is 2.27. The molecular formula is C17H23N3O3. The minimum absolute atomic E-state index is 0.00530. The number of furan rings is 1. The maximum absolute atomic E-state index is 12.1. The summed E-state index contributed by atoms with van der Waals surface area (Å²) in [5.41, 5.74) is 1.05. The number of hydrogen-bond acceptors (Lipinski definition) is 4. The summed E-state index contributed by atoms with van der Waals surface area (Å²) in [5, 5.41) is 3.12. The van der Waals surface area contributed by atoms with E-state index < -0.39 is 0 Å². The third kappa shape index (κ3) is 4.01. The molecule has 0 spiro atoms. The van der Waals surface area contributed by atoms with Crippen LogP contribution in [0.15, 0.2) is 29.1 Å². The highest BCUT2D eigenvalue weighted by molar-refractivity contribution is 5.76. The van der Waals surface area contributed by atoms with Gasteiger partial charge in [-0.1, -0.05) is 0 Å². The van der Waals surface area contributed by atoms with Crippen LogP contribution >= 0.6 is 0 Å². The zero-order valence-electron chi connectivity index (χ0n) is 13.6. The van der Waals surface area contributed by atoms with Gasteiger partial charge in [0.2, 0.25) is 5.91 Å². The van der Waals surface area contributed by atoms with Crippen molar-refractivity contribution in [1.29, 1.82) is 0 Å². The van der Waals surface area contributed by atoms with Crippen LogP contribution < -0.4 is 5.32 Å². The van der Waals surface area contributed by atoms with Crippen molar-refractivity contribution >= 4 is 5.91 Å². The number of aromatic nitrogens is 2. The van der Waals surface area contributed by atoms with E-state index in [9.17, 15) is 4.79 Å². The van der Waals surface area contributed by atoms with Gasteiger partial charge in [0.15, 0.2) is 0 Å². The van der Waals surface area contributed by atoms with Crippen molar-refractivity contribution in [3.8, 4) is 0 Å². The highest BCUT2D eigenvalue weighted by atomic mass is 16.5. The Morgan fingerprint density at radius 2 is 2.35 bits per heavy atom. The van der Waals surface area contributed by atoms with Crippen molar-refractivity contribution < 1.29 is 13.9 Å². The van der Waals surface area contributed by atoms with Crippen LogP contribution in [0.2, 0.25) is 0 Å². The lowest BCUT2D eigenvalue weighted by molar-refractivity contribution is -0.123. The molecule has 0 bridgehead atoms. The van der Waals surface area contributed by atoms with E-state index in [4.69, 9.17) is 9.15 Å². The molecule has 124 valence electrons. The number of carbonyl (C=O) groups excluding carboxylic acids is 1. The Balaban J connectivity index is 1.49. The maximum Gasteiger partial charge on any atom is 0.220 e. The van der Waals surface area contributed by atoms with Crippen LogP contribution in [-0.2, 0) is 23.0 Å². The van der Waals surface area contributed by atoms with E-state index in [0.29, 0.717) is 19.4 Å². The van der Waals surface area contributed by atoms with Gasteiger partial charge < -0.3 is 19.0 Å². The van der Waals surface area contributed by atoms with Crippen molar-refractivity contribution in [2.24, 2.45) is 7.05 Å². The lowest BCUT2D eigenvalue weighted by atomic mass is 10.0. The van der Waals surface area contributed by atoms with Gasteiger partial charge in [0.1, 0.15) is 17.6 Å². The number of ether oxygens (including phenoxy) is 1. The van der Waals surface area contributed by atoms with Crippen molar-refractivity contribution in [2.75, 3.05) is 6.61 Å². The molecule has 23 heavy (non-hydrogen) atoms. The zero-order chi connectivity index (χ0) is 16.2. The number of carbonyl (C=O) groups is 1. The molecule has 2 atom stereocenters. The molecule has 3 heterocycles. The Morgan fingerprint density at radius 3 is 3.04 bits per heavy atom. The minimum atomic E-state index is -0.00530. The van der Waals surface area contributed by atoms with E-state index in [-0.39, 0.29) is 18.1 Å². The summed E-state index contributed by atoms with van der Waals surface area (Å²) in [6.45, 7) is 2.56. The van der Waals surface area contributed by atoms with E-state index in [1.807, 2.05) is 36.9 Å². The topological polar surface area (TPSA) is 69.3 Å². The Morgan fingerprint density at radius 1 is 1.48 bits per heavy atom. The van der Waals surface area contributed by atoms with Crippen LogP contribution in [-0.4, -0.2) is 28.1 Å². The van der Waals surface area contributed by atoms with Gasteiger partial charge in [-0.15, -0.1) is 0 Å². The summed E-state index contributed by atoms with van der Waals surface area (Å²) in [6, 6.07) is 3.99. The average molecular weight is 317 g/mol. The van der Waals surface area contributed by atoms with Crippen molar-refractivity contribution in [2.45, 2.75) is 44.8 Å². The Bertz CT molecular complexity index is 662. The largest absolute Gasteiger partial charge is 0.466 e. The standard InChI is InChI=1S/C17H23N3O3/c1-12-3-4-14(23-12)5-6-17(21)19-13-7-8-22-16(9-13)15-10-18-11-20(15)2/h3-4,10-11,13,16H,5-9H2,1-2H3,(H,19,21). The molecule has 0 aromatic carbocycles. The van der Waals surface area contributed by atoms with Gasteiger partial charge in [0.25, 0.3) is 0 Å². The number of nitrogens with zero attached hydrogens (tertiary/aromatic N) is 2. The molecule has 1 aliphatic heterocycles. The van der Waals surface area contributed by atoms with E-state index in [1.54, 1.807) is 6.33 Å². The van der Waals surface area contributed by atoms with E-state index in [0.717, 1.165) is 30.1 Å². The first kappa shape index (κ1) is 15.8. The molecule has 2 aromatic rings. The number of amides is 1. The fourth-order valence-corrected chi connectivity index (χ4v) is 2.97. The molecule has 6 nitrogen and oxygen atoms in total. The molecule has 0 saturated carbocycles. The van der Waals surface area contributed by atoms with Gasteiger partial charge in [0, 0.05) is 32.5 Å². The van der Waals surface area contributed by atoms with Gasteiger partial charge in [0.05, 0.1) is 18.2 Å². The third-order valence-corrected chi connectivity index (χ3v) is 4.23. The molecule has 3 rings (SSSR count). The fourth-order valence-electron chi connectivity index (χ4n) is 2.97. The highest BCUT2D eigenvalue weighted by Gasteiger charge is 2.26. The number of aryl methyl sites for hydroxylation is 3. The van der Waals surface area contributed by atoms with Gasteiger partial charge in [-0.25, -0.2) is 4.98 Å². The fraction of sp³-hybridized carbons (Fsp3) is 0.529. The van der Waals surface area contributed by atoms with Crippen molar-refractivity contribution in [3.05, 3.63) is 41.9 Å². The molecule has 6 heteroatoms. The van der Waals surface area contributed by atoms with Crippen LogP contribution in [0.4, 0.5) is 0 Å². The van der Waals surface area contributed by atoms with Crippen molar-refractivity contribution in [3.63, 3.8) is 0 Å². The molecule has 1 N–H and O–H groups in total. The lowest BCUT2D eigenvalue weighted by Crippen LogP contribution is -2.40. The molecule has 1 aliphatic rings. The van der Waals surface area contributed by atoms with Crippen LogP contribution in [0, 0.1) is 6.92 Å². The van der Waals surface area contributed by atoms with E-state index in [1.165, 1.54) is 0 Å². The lowest BCUT2D eigenvalue weighted by Gasteiger charge is -2.30. The van der Waals surface area contributed by atoms with Crippen molar-refractivity contribution in [1.82, 2.24) is 14.9 Å². The van der Waals surface area contributed by atoms with Crippen LogP contribution in [0.25, 0.3) is 0 Å². The Kier molecular flexibility index (Phi) is 4.81. The first-order valence-corrected chi connectivity index (χ1v) is 8.04. The molecule has 1 fully saturated rings. The monoisotopic (exact) mass is 317 g/mol. The Hall–Kier alpha value is -2.08. The van der Waals surface area contributed by atoms with Gasteiger partial charge in [-0.05, 0) is 31.9 Å². The van der Waals surface area contributed by atoms with Gasteiger partial charge in [-0.2, -0.15) is 0 Å². The normalized spacial score (nSPS) is 21.3. The van der Waals surface area contributed by atoms with Crippen LogP contribution in [0.3, 0.4) is 0 Å². The summed E-state index contributed by atoms with van der Waals surface area (Å²) < 4.78 is 13.3. The predicted molar refractivity (Wildman–Crippen MR) is 84.8 cm³/mol. The molecular weight excluding hydrogens is 294 g/mol. The van der Waals surface area contributed by atoms with E-state index >= 15 is 0 Å². The smallest absolute Gasteiger partial charge is 0.220 e. The zero-order valence-corrected chi connectivity index (χ0v) is 13.6. The number of rotatable bonds is 5. The first-order valence-electron chi connectivity index (χ1n) is 8.04. The Labute approximate surface area is 135 Å². The minimum Gasteiger partial charge on any atom is -0.466 e. The summed E-state index contributed by atoms with van der Waals surface area (Å²) in [7, 11) is 1.96. The second-order valence-electron chi connectivity index (χ2n) is 6.09. The average Bonchev–Trinajstić information content (AvgIpc) is 3.14. The molecule has 1 saturated heterocycles. The number of imidazole rings is 1. The molecule has 2 unspecified atom stereocenters. The SMILES string of the molecule is Cc1ccc(CCC(=O)NC2CCOC(c3cncn3C)C2)o1. The molecule has 1 amide bonds. The summed E-state index contributed by atoms with van der Waals surface area (Å²) in [6.07, 6.45) is 6.30. The van der Waals surface area contributed by atoms with Crippen LogP contribution in [0.1, 0.15) is 42.6 Å². The second-order valence-corrected chi connectivity index (χ2v) is 6.09. The van der Waals surface area contributed by atoms with Crippen LogP contribution in [0.5, 0.6) is 0 Å². The number of nitrogens with one attached hydrogen (secondary N) is 1. The summed E-state index contributed by atoms with van der Waals surface area (Å²) in [5.74, 6) is 1.80. The second kappa shape index (κ2) is 7.00. The molecule has 2 aromatic heterocycles. The predicted octanol–water partition coefficient (Wildman–Crippen LogP) is 2.29. The van der Waals surface area contributed by atoms with Gasteiger partial charge in [-0.3, -0.25) is 4.79 Å².